The summed E-state index contributed by atoms with van der Waals surface area (Å²) in [5.74, 6) is -1.29. The van der Waals surface area contributed by atoms with E-state index in [2.05, 4.69) is 9.73 Å². The number of guanidine groups is 1. The molecular weight excluding hydrogens is 359 g/mol. The highest BCUT2D eigenvalue weighted by Crippen LogP contribution is 2.38. The number of nitrogens with zero attached hydrogens (tertiary/aromatic N) is 1. The van der Waals surface area contributed by atoms with Crippen LogP contribution in [0.4, 0.5) is 13.2 Å². The van der Waals surface area contributed by atoms with Crippen molar-refractivity contribution >= 4 is 17.4 Å². The molecule has 0 fully saturated rings. The Bertz CT molecular complexity index is 945. The van der Waals surface area contributed by atoms with Crippen LogP contribution in [0.15, 0.2) is 53.5 Å². The van der Waals surface area contributed by atoms with E-state index in [4.69, 9.17) is 11.5 Å². The number of allylic oxidation sites excluding steroid dienone is 1. The molecule has 1 amide bonds. The minimum Gasteiger partial charge on any atom is -0.405 e. The zero-order chi connectivity index (χ0) is 19.6. The van der Waals surface area contributed by atoms with Gasteiger partial charge >= 0.3 is 6.36 Å². The van der Waals surface area contributed by atoms with Crippen LogP contribution in [0.25, 0.3) is 5.57 Å². The zero-order valence-electron chi connectivity index (χ0n) is 14.1. The Labute approximate surface area is 153 Å². The van der Waals surface area contributed by atoms with Crippen LogP contribution in [-0.2, 0) is 6.42 Å². The fourth-order valence-electron chi connectivity index (χ4n) is 3.00. The number of carbonyl (C=O) groups is 1. The van der Waals surface area contributed by atoms with Gasteiger partial charge in [-0.1, -0.05) is 30.3 Å². The number of hydrogen-bond acceptors (Lipinski definition) is 2. The maximum absolute atomic E-state index is 12.8. The van der Waals surface area contributed by atoms with E-state index >= 15 is 0 Å². The Morgan fingerprint density at radius 1 is 1.07 bits per heavy atom. The van der Waals surface area contributed by atoms with Crippen LogP contribution >= 0.6 is 0 Å². The Hall–Kier alpha value is -3.29. The number of amides is 1. The first kappa shape index (κ1) is 18.5. The predicted octanol–water partition coefficient (Wildman–Crippen LogP) is 3.38. The number of nitrogens with two attached hydrogens (primary N) is 2. The number of alkyl halides is 3. The van der Waals surface area contributed by atoms with Crippen molar-refractivity contribution in [2.75, 3.05) is 0 Å². The van der Waals surface area contributed by atoms with Crippen molar-refractivity contribution in [1.82, 2.24) is 0 Å². The number of fused-ring (bicyclic) bond motifs is 1. The van der Waals surface area contributed by atoms with Gasteiger partial charge < -0.3 is 16.2 Å². The third-order valence-corrected chi connectivity index (χ3v) is 4.04. The average molecular weight is 375 g/mol. The fourth-order valence-corrected chi connectivity index (χ4v) is 3.00. The molecule has 0 unspecified atom stereocenters. The van der Waals surface area contributed by atoms with Gasteiger partial charge in [0.15, 0.2) is 5.96 Å². The molecule has 0 saturated heterocycles. The molecule has 27 heavy (non-hydrogen) atoms. The number of rotatable bonds is 3. The average Bonchev–Trinajstić information content (AvgIpc) is 2.59. The minimum atomic E-state index is -4.81. The zero-order valence-corrected chi connectivity index (χ0v) is 14.1. The van der Waals surface area contributed by atoms with Gasteiger partial charge in [-0.15, -0.1) is 13.2 Å². The summed E-state index contributed by atoms with van der Waals surface area (Å²) < 4.78 is 42.4. The van der Waals surface area contributed by atoms with E-state index in [9.17, 15) is 18.0 Å². The molecule has 0 bridgehead atoms. The fraction of sp³-hybridized carbons (Fsp3) is 0.158. The van der Waals surface area contributed by atoms with E-state index in [1.165, 1.54) is 12.1 Å². The van der Waals surface area contributed by atoms with Gasteiger partial charge in [0.2, 0.25) is 0 Å². The Balaban J connectivity index is 2.07. The molecule has 0 heterocycles. The minimum absolute atomic E-state index is 0.240. The second-order valence-electron chi connectivity index (χ2n) is 5.91. The molecule has 0 saturated carbocycles. The quantitative estimate of drug-likeness (QED) is 0.636. The van der Waals surface area contributed by atoms with Crippen LogP contribution in [0, 0.1) is 0 Å². The molecule has 8 heteroatoms. The number of carbonyl (C=O) groups excluding carboxylic acids is 1. The van der Waals surface area contributed by atoms with Gasteiger partial charge in [0, 0.05) is 11.1 Å². The summed E-state index contributed by atoms with van der Waals surface area (Å²) >= 11 is 0. The van der Waals surface area contributed by atoms with Crippen LogP contribution in [0.1, 0.15) is 33.5 Å². The maximum Gasteiger partial charge on any atom is 0.573 e. The first-order chi connectivity index (χ1) is 12.7. The number of aliphatic imine (C=N–C) groups is 1. The van der Waals surface area contributed by atoms with E-state index in [0.29, 0.717) is 29.5 Å². The molecule has 0 aliphatic heterocycles. The van der Waals surface area contributed by atoms with Crippen molar-refractivity contribution < 1.29 is 22.7 Å². The van der Waals surface area contributed by atoms with Crippen LogP contribution in [0.3, 0.4) is 0 Å². The van der Waals surface area contributed by atoms with Crippen molar-refractivity contribution in [3.05, 3.63) is 70.8 Å². The van der Waals surface area contributed by atoms with Crippen molar-refractivity contribution in [3.63, 3.8) is 0 Å². The molecule has 140 valence electrons. The lowest BCUT2D eigenvalue weighted by atomic mass is 9.85. The molecule has 2 aromatic carbocycles. The smallest absolute Gasteiger partial charge is 0.405 e. The summed E-state index contributed by atoms with van der Waals surface area (Å²) in [6, 6.07) is 10.8. The molecule has 1 aliphatic rings. The first-order valence-corrected chi connectivity index (χ1v) is 8.07. The molecular formula is C19H16F3N3O2. The molecule has 0 spiro atoms. The maximum atomic E-state index is 12.8. The summed E-state index contributed by atoms with van der Waals surface area (Å²) in [5, 5.41) is 0. The van der Waals surface area contributed by atoms with Crippen LogP contribution < -0.4 is 16.2 Å². The molecule has 2 aromatic rings. The first-order valence-electron chi connectivity index (χ1n) is 8.07. The number of hydrogen-bond donors (Lipinski definition) is 2. The molecule has 5 nitrogen and oxygen atoms in total. The highest BCUT2D eigenvalue weighted by Gasteiger charge is 2.32. The van der Waals surface area contributed by atoms with Gasteiger partial charge in [-0.05, 0) is 47.7 Å². The number of aryl methyl sites for hydroxylation is 1. The van der Waals surface area contributed by atoms with Gasteiger partial charge in [0.1, 0.15) is 5.75 Å². The lowest BCUT2D eigenvalue weighted by Crippen LogP contribution is -2.24. The lowest BCUT2D eigenvalue weighted by Gasteiger charge is -2.21. The van der Waals surface area contributed by atoms with E-state index in [-0.39, 0.29) is 17.3 Å². The normalized spacial score (nSPS) is 13.4. The van der Waals surface area contributed by atoms with Crippen LogP contribution in [0.2, 0.25) is 0 Å². The Morgan fingerprint density at radius 2 is 1.81 bits per heavy atom. The summed E-state index contributed by atoms with van der Waals surface area (Å²) in [7, 11) is 0. The molecule has 3 rings (SSSR count). The van der Waals surface area contributed by atoms with Crippen LogP contribution in [0.5, 0.6) is 5.75 Å². The third-order valence-electron chi connectivity index (χ3n) is 4.04. The summed E-state index contributed by atoms with van der Waals surface area (Å²) in [6.07, 6.45) is -1.61. The number of ether oxygens (including phenoxy) is 1. The van der Waals surface area contributed by atoms with Gasteiger partial charge in [0.05, 0.1) is 0 Å². The topological polar surface area (TPSA) is 90.7 Å². The van der Waals surface area contributed by atoms with Crippen molar-refractivity contribution in [2.24, 2.45) is 16.5 Å². The summed E-state index contributed by atoms with van der Waals surface area (Å²) in [5.41, 5.74) is 13.1. The molecule has 0 aromatic heterocycles. The van der Waals surface area contributed by atoms with E-state index in [1.54, 1.807) is 30.3 Å². The second-order valence-corrected chi connectivity index (χ2v) is 5.91. The number of para-hydroxylation sites is 1. The van der Waals surface area contributed by atoms with Gasteiger partial charge in [0.25, 0.3) is 5.91 Å². The van der Waals surface area contributed by atoms with Crippen molar-refractivity contribution in [2.45, 2.75) is 19.2 Å². The van der Waals surface area contributed by atoms with Crippen molar-refractivity contribution in [3.8, 4) is 5.75 Å². The highest BCUT2D eigenvalue weighted by molar-refractivity contribution is 6.02. The monoisotopic (exact) mass is 375 g/mol. The van der Waals surface area contributed by atoms with E-state index in [0.717, 1.165) is 5.56 Å². The molecule has 0 atom stereocenters. The SMILES string of the molecule is NC(N)=NC(=O)c1ccc2c(c1)C(c1ccccc1OC(F)(F)F)=CCC2. The Morgan fingerprint density at radius 3 is 2.52 bits per heavy atom. The van der Waals surface area contributed by atoms with Crippen molar-refractivity contribution in [1.29, 1.82) is 0 Å². The predicted molar refractivity (Wildman–Crippen MR) is 95.1 cm³/mol. The number of benzene rings is 2. The standard InChI is InChI=1S/C19H16F3N3O2/c20-19(21,22)27-16-7-2-1-5-14(16)13-6-3-4-11-8-9-12(10-15(11)13)17(26)25-18(23)24/h1-2,5-10H,3-4H2,(H4,23,24,25,26). The second kappa shape index (κ2) is 7.14. The third kappa shape index (κ3) is 4.28. The van der Waals surface area contributed by atoms with E-state index in [1.807, 2.05) is 6.08 Å². The van der Waals surface area contributed by atoms with Crippen LogP contribution in [-0.4, -0.2) is 18.2 Å². The molecule has 4 N–H and O–H groups in total. The van der Waals surface area contributed by atoms with Gasteiger partial charge in [-0.25, -0.2) is 0 Å². The van der Waals surface area contributed by atoms with Gasteiger partial charge in [-0.2, -0.15) is 4.99 Å². The lowest BCUT2D eigenvalue weighted by molar-refractivity contribution is -0.274. The largest absolute Gasteiger partial charge is 0.573 e. The van der Waals surface area contributed by atoms with E-state index < -0.39 is 12.3 Å². The van der Waals surface area contributed by atoms with Gasteiger partial charge in [-0.3, -0.25) is 4.79 Å². The molecule has 1 aliphatic carbocycles. The number of halogens is 3. The summed E-state index contributed by atoms with van der Waals surface area (Å²) in [6.45, 7) is 0. The summed E-state index contributed by atoms with van der Waals surface area (Å²) in [4.78, 5) is 15.6. The highest BCUT2D eigenvalue weighted by atomic mass is 19.4. The Kier molecular flexibility index (Phi) is 4.89. The molecule has 0 radical (unpaired) electrons.